The SMILES string of the molecule is Cc1cncc(C(=O)N2CCC(OC3CCN(c4ccccc4)C3=O)CC2)c1. The van der Waals surface area contributed by atoms with Gasteiger partial charge in [0, 0.05) is 44.1 Å². The molecule has 2 fully saturated rings. The number of nitrogens with zero attached hydrogens (tertiary/aromatic N) is 3. The highest BCUT2D eigenvalue weighted by molar-refractivity contribution is 5.98. The van der Waals surface area contributed by atoms with E-state index in [1.54, 1.807) is 17.3 Å². The van der Waals surface area contributed by atoms with Gasteiger partial charge in [-0.15, -0.1) is 0 Å². The van der Waals surface area contributed by atoms with Crippen LogP contribution in [0.15, 0.2) is 48.8 Å². The maximum absolute atomic E-state index is 12.7. The second-order valence-corrected chi connectivity index (χ2v) is 7.48. The second-order valence-electron chi connectivity index (χ2n) is 7.48. The third kappa shape index (κ3) is 3.92. The molecule has 146 valence electrons. The molecule has 1 unspecified atom stereocenters. The monoisotopic (exact) mass is 379 g/mol. The summed E-state index contributed by atoms with van der Waals surface area (Å²) >= 11 is 0. The molecule has 6 nitrogen and oxygen atoms in total. The van der Waals surface area contributed by atoms with Gasteiger partial charge in [-0.3, -0.25) is 14.6 Å². The molecule has 0 spiro atoms. The first kappa shape index (κ1) is 18.6. The fourth-order valence-corrected chi connectivity index (χ4v) is 3.93. The number of carbonyl (C=O) groups excluding carboxylic acids is 2. The predicted molar refractivity (Wildman–Crippen MR) is 106 cm³/mol. The Morgan fingerprint density at radius 1 is 1.07 bits per heavy atom. The quantitative estimate of drug-likeness (QED) is 0.820. The van der Waals surface area contributed by atoms with Gasteiger partial charge in [-0.2, -0.15) is 0 Å². The summed E-state index contributed by atoms with van der Waals surface area (Å²) in [5, 5.41) is 0. The van der Waals surface area contributed by atoms with Gasteiger partial charge in [-0.05, 0) is 43.5 Å². The minimum atomic E-state index is -0.381. The lowest BCUT2D eigenvalue weighted by atomic mass is 10.1. The highest BCUT2D eigenvalue weighted by Gasteiger charge is 2.36. The third-order valence-electron chi connectivity index (χ3n) is 5.43. The van der Waals surface area contributed by atoms with Crippen LogP contribution in [0.3, 0.4) is 0 Å². The summed E-state index contributed by atoms with van der Waals surface area (Å²) in [5.41, 5.74) is 2.53. The summed E-state index contributed by atoms with van der Waals surface area (Å²) < 4.78 is 6.13. The molecular formula is C22H25N3O3. The minimum Gasteiger partial charge on any atom is -0.365 e. The van der Waals surface area contributed by atoms with Crippen molar-refractivity contribution in [3.8, 4) is 0 Å². The molecule has 0 radical (unpaired) electrons. The van der Waals surface area contributed by atoms with E-state index in [-0.39, 0.29) is 24.0 Å². The number of ether oxygens (including phenoxy) is 1. The molecule has 2 aromatic rings. The molecule has 0 bridgehead atoms. The number of amides is 2. The molecule has 6 heteroatoms. The Morgan fingerprint density at radius 3 is 2.54 bits per heavy atom. The van der Waals surface area contributed by atoms with Crippen molar-refractivity contribution in [1.82, 2.24) is 9.88 Å². The summed E-state index contributed by atoms with van der Waals surface area (Å²) in [4.78, 5) is 33.1. The van der Waals surface area contributed by atoms with Crippen molar-refractivity contribution in [3.05, 3.63) is 59.9 Å². The van der Waals surface area contributed by atoms with Gasteiger partial charge in [-0.25, -0.2) is 0 Å². The number of aromatic nitrogens is 1. The zero-order chi connectivity index (χ0) is 19.5. The zero-order valence-corrected chi connectivity index (χ0v) is 16.1. The normalized spacial score (nSPS) is 20.6. The van der Waals surface area contributed by atoms with Crippen LogP contribution in [0.25, 0.3) is 0 Å². The molecule has 0 N–H and O–H groups in total. The fourth-order valence-electron chi connectivity index (χ4n) is 3.93. The smallest absolute Gasteiger partial charge is 0.256 e. The van der Waals surface area contributed by atoms with Gasteiger partial charge in [0.1, 0.15) is 6.10 Å². The standard InChI is InChI=1S/C22H25N3O3/c1-16-13-17(15-23-14-16)21(26)24-10-7-19(8-11-24)28-20-9-12-25(22(20)27)18-5-3-2-4-6-18/h2-6,13-15,19-20H,7-12H2,1H3. The second kappa shape index (κ2) is 8.10. The van der Waals surface area contributed by atoms with Crippen molar-refractivity contribution in [2.75, 3.05) is 24.5 Å². The predicted octanol–water partition coefficient (Wildman–Crippen LogP) is 2.82. The van der Waals surface area contributed by atoms with Gasteiger partial charge in [0.05, 0.1) is 11.7 Å². The third-order valence-corrected chi connectivity index (χ3v) is 5.43. The Hall–Kier alpha value is -2.73. The van der Waals surface area contributed by atoms with E-state index in [4.69, 9.17) is 4.74 Å². The van der Waals surface area contributed by atoms with Crippen LogP contribution < -0.4 is 4.90 Å². The number of pyridine rings is 1. The lowest BCUT2D eigenvalue weighted by molar-refractivity contribution is -0.132. The lowest BCUT2D eigenvalue weighted by Crippen LogP contribution is -2.43. The molecular weight excluding hydrogens is 354 g/mol. The topological polar surface area (TPSA) is 62.7 Å². The Kier molecular flexibility index (Phi) is 5.39. The van der Waals surface area contributed by atoms with Crippen LogP contribution in [0.4, 0.5) is 5.69 Å². The van der Waals surface area contributed by atoms with E-state index in [9.17, 15) is 9.59 Å². The number of piperidine rings is 1. The summed E-state index contributed by atoms with van der Waals surface area (Å²) in [6, 6.07) is 11.6. The van der Waals surface area contributed by atoms with Gasteiger partial charge >= 0.3 is 0 Å². The number of rotatable bonds is 4. The number of hydrogen-bond acceptors (Lipinski definition) is 4. The Morgan fingerprint density at radius 2 is 1.82 bits per heavy atom. The number of likely N-dealkylation sites (tertiary alicyclic amines) is 1. The van der Waals surface area contributed by atoms with E-state index < -0.39 is 0 Å². The van der Waals surface area contributed by atoms with E-state index >= 15 is 0 Å². The van der Waals surface area contributed by atoms with Crippen LogP contribution in [0, 0.1) is 6.92 Å². The average molecular weight is 379 g/mol. The molecule has 0 aliphatic carbocycles. The van der Waals surface area contributed by atoms with Gasteiger partial charge in [0.2, 0.25) is 0 Å². The maximum atomic E-state index is 12.7. The van der Waals surface area contributed by atoms with Gasteiger partial charge in [0.25, 0.3) is 11.8 Å². The lowest BCUT2D eigenvalue weighted by Gasteiger charge is -2.33. The fraction of sp³-hybridized carbons (Fsp3) is 0.409. The summed E-state index contributed by atoms with van der Waals surface area (Å²) in [7, 11) is 0. The zero-order valence-electron chi connectivity index (χ0n) is 16.1. The van der Waals surface area contributed by atoms with Gasteiger partial charge in [0.15, 0.2) is 0 Å². The van der Waals surface area contributed by atoms with Crippen molar-refractivity contribution in [1.29, 1.82) is 0 Å². The highest BCUT2D eigenvalue weighted by atomic mass is 16.5. The molecule has 28 heavy (non-hydrogen) atoms. The minimum absolute atomic E-state index is 0.0156. The van der Waals surface area contributed by atoms with Crippen LogP contribution in [-0.2, 0) is 9.53 Å². The Balaban J connectivity index is 1.30. The van der Waals surface area contributed by atoms with E-state index in [2.05, 4.69) is 4.98 Å². The van der Waals surface area contributed by atoms with Crippen LogP contribution in [0.5, 0.6) is 0 Å². The highest BCUT2D eigenvalue weighted by Crippen LogP contribution is 2.26. The van der Waals surface area contributed by atoms with Crippen LogP contribution in [0.1, 0.15) is 35.2 Å². The molecule has 1 aromatic heterocycles. The van der Waals surface area contributed by atoms with Crippen molar-refractivity contribution < 1.29 is 14.3 Å². The van der Waals surface area contributed by atoms with E-state index in [0.29, 0.717) is 31.6 Å². The van der Waals surface area contributed by atoms with Gasteiger partial charge < -0.3 is 14.5 Å². The Labute approximate surface area is 165 Å². The molecule has 0 saturated carbocycles. The number of aryl methyl sites for hydroxylation is 1. The molecule has 4 rings (SSSR count). The maximum Gasteiger partial charge on any atom is 0.256 e. The molecule has 1 aromatic carbocycles. The average Bonchev–Trinajstić information content (AvgIpc) is 3.09. The summed E-state index contributed by atoms with van der Waals surface area (Å²) in [5.74, 6) is 0.0531. The van der Waals surface area contributed by atoms with Crippen molar-refractivity contribution in [2.24, 2.45) is 0 Å². The van der Waals surface area contributed by atoms with Crippen LogP contribution in [0.2, 0.25) is 0 Å². The number of anilines is 1. The van der Waals surface area contributed by atoms with E-state index in [0.717, 1.165) is 24.1 Å². The summed E-state index contributed by atoms with van der Waals surface area (Å²) in [6.45, 7) is 3.90. The van der Waals surface area contributed by atoms with Crippen molar-refractivity contribution >= 4 is 17.5 Å². The molecule has 3 heterocycles. The first-order valence-corrected chi connectivity index (χ1v) is 9.84. The molecule has 1 atom stereocenters. The molecule has 2 aliphatic rings. The summed E-state index contributed by atoms with van der Waals surface area (Å²) in [6.07, 6.45) is 5.21. The Bertz CT molecular complexity index is 847. The first-order valence-electron chi connectivity index (χ1n) is 9.84. The number of para-hydroxylation sites is 1. The van der Waals surface area contributed by atoms with E-state index in [1.807, 2.05) is 48.2 Å². The van der Waals surface area contributed by atoms with Crippen molar-refractivity contribution in [2.45, 2.75) is 38.4 Å². The number of benzene rings is 1. The number of carbonyl (C=O) groups is 2. The van der Waals surface area contributed by atoms with Gasteiger partial charge in [-0.1, -0.05) is 18.2 Å². The largest absolute Gasteiger partial charge is 0.365 e. The first-order chi connectivity index (χ1) is 13.6. The molecule has 2 aliphatic heterocycles. The molecule has 2 saturated heterocycles. The van der Waals surface area contributed by atoms with Crippen LogP contribution in [-0.4, -0.2) is 53.5 Å². The van der Waals surface area contributed by atoms with Crippen LogP contribution >= 0.6 is 0 Å². The van der Waals surface area contributed by atoms with E-state index in [1.165, 1.54) is 0 Å². The van der Waals surface area contributed by atoms with Crippen molar-refractivity contribution in [3.63, 3.8) is 0 Å². The molecule has 2 amide bonds. The number of hydrogen-bond donors (Lipinski definition) is 0.